The number of alkyl halides is 3. The summed E-state index contributed by atoms with van der Waals surface area (Å²) in [4.78, 5) is 19.4. The molecule has 1 aliphatic rings. The standard InChI is InChI=1S/C35H34F4N6O2S/c1-43(17-18-46)20-31-41-42-32(45(31)19-23-5-9-25(10-6-23)26-11-13-27(14-12-26)35(37,38)39)21-44-30-4-2-3-29(30)33(47)40-34(44)48-22-24-7-15-28(36)16-8-24/h5-16,46H,2-4,17-22H2,1H3. The lowest BCUT2D eigenvalue weighted by atomic mass is 10.0. The van der Waals surface area contributed by atoms with E-state index in [9.17, 15) is 27.5 Å². The molecule has 8 nitrogen and oxygen atoms in total. The zero-order chi connectivity index (χ0) is 33.8. The van der Waals surface area contributed by atoms with Gasteiger partial charge in [0.05, 0.1) is 31.8 Å². The van der Waals surface area contributed by atoms with Crippen LogP contribution in [0.2, 0.25) is 0 Å². The third-order valence-electron chi connectivity index (χ3n) is 8.42. The number of fused-ring (bicyclic) bond motifs is 1. The van der Waals surface area contributed by atoms with Crippen LogP contribution >= 0.6 is 11.8 Å². The van der Waals surface area contributed by atoms with Crippen molar-refractivity contribution < 1.29 is 22.7 Å². The van der Waals surface area contributed by atoms with E-state index in [1.807, 2.05) is 45.3 Å². The van der Waals surface area contributed by atoms with Crippen LogP contribution in [0.1, 0.15) is 46.0 Å². The predicted molar refractivity (Wildman–Crippen MR) is 175 cm³/mol. The molecular weight excluding hydrogens is 644 g/mol. The Hall–Kier alpha value is -4.33. The first kappa shape index (κ1) is 33.6. The maximum Gasteiger partial charge on any atom is 0.416 e. The topological polar surface area (TPSA) is 89.1 Å². The van der Waals surface area contributed by atoms with Gasteiger partial charge in [-0.05, 0) is 72.8 Å². The molecule has 1 N–H and O–H groups in total. The molecule has 250 valence electrons. The Labute approximate surface area is 279 Å². The zero-order valence-electron chi connectivity index (χ0n) is 26.3. The Bertz CT molecular complexity index is 1920. The van der Waals surface area contributed by atoms with E-state index >= 15 is 0 Å². The van der Waals surface area contributed by atoms with E-state index in [2.05, 4.69) is 15.2 Å². The third kappa shape index (κ3) is 7.69. The number of aromatic nitrogens is 5. The summed E-state index contributed by atoms with van der Waals surface area (Å²) in [6.45, 7) is 1.62. The highest BCUT2D eigenvalue weighted by Crippen LogP contribution is 2.31. The zero-order valence-corrected chi connectivity index (χ0v) is 27.1. The molecule has 2 aromatic heterocycles. The minimum Gasteiger partial charge on any atom is -0.395 e. The van der Waals surface area contributed by atoms with Gasteiger partial charge in [-0.3, -0.25) is 9.69 Å². The second-order valence-electron chi connectivity index (χ2n) is 11.8. The van der Waals surface area contributed by atoms with Crippen molar-refractivity contribution >= 4 is 11.8 Å². The predicted octanol–water partition coefficient (Wildman–Crippen LogP) is 5.96. The molecule has 2 heterocycles. The van der Waals surface area contributed by atoms with Crippen LogP contribution in [0.5, 0.6) is 0 Å². The van der Waals surface area contributed by atoms with Crippen molar-refractivity contribution in [3.05, 3.63) is 129 Å². The van der Waals surface area contributed by atoms with Crippen LogP contribution < -0.4 is 5.56 Å². The number of rotatable bonds is 12. The fourth-order valence-electron chi connectivity index (χ4n) is 5.85. The first-order valence-electron chi connectivity index (χ1n) is 15.6. The van der Waals surface area contributed by atoms with E-state index in [0.29, 0.717) is 66.3 Å². The highest BCUT2D eigenvalue weighted by Gasteiger charge is 2.30. The lowest BCUT2D eigenvalue weighted by molar-refractivity contribution is -0.137. The summed E-state index contributed by atoms with van der Waals surface area (Å²) in [5.41, 5.74) is 4.04. The van der Waals surface area contributed by atoms with Gasteiger partial charge in [-0.25, -0.2) is 4.39 Å². The van der Waals surface area contributed by atoms with E-state index in [0.717, 1.165) is 47.4 Å². The van der Waals surface area contributed by atoms with E-state index in [4.69, 9.17) is 0 Å². The van der Waals surface area contributed by atoms with Gasteiger partial charge in [0.15, 0.2) is 11.0 Å². The van der Waals surface area contributed by atoms with E-state index < -0.39 is 11.7 Å². The summed E-state index contributed by atoms with van der Waals surface area (Å²) in [5.74, 6) is 1.54. The van der Waals surface area contributed by atoms with Crippen molar-refractivity contribution in [2.24, 2.45) is 0 Å². The number of thioether (sulfide) groups is 1. The lowest BCUT2D eigenvalue weighted by Gasteiger charge is -2.19. The number of hydrogen-bond donors (Lipinski definition) is 1. The normalized spacial score (nSPS) is 13.0. The Morgan fingerprint density at radius 1 is 0.854 bits per heavy atom. The van der Waals surface area contributed by atoms with Crippen LogP contribution in [0, 0.1) is 5.82 Å². The third-order valence-corrected chi connectivity index (χ3v) is 9.47. The van der Waals surface area contributed by atoms with Crippen LogP contribution in [-0.2, 0) is 44.4 Å². The molecule has 48 heavy (non-hydrogen) atoms. The molecule has 0 spiro atoms. The molecule has 1 aliphatic carbocycles. The van der Waals surface area contributed by atoms with Crippen LogP contribution in [0.3, 0.4) is 0 Å². The number of benzene rings is 3. The number of aliphatic hydroxyl groups excluding tert-OH is 1. The molecule has 6 rings (SSSR count). The van der Waals surface area contributed by atoms with Crippen molar-refractivity contribution in [2.45, 2.75) is 56.0 Å². The average Bonchev–Trinajstić information content (AvgIpc) is 3.70. The van der Waals surface area contributed by atoms with E-state index in [-0.39, 0.29) is 18.0 Å². The number of likely N-dealkylation sites (N-methyl/N-ethyl adjacent to an activating group) is 1. The van der Waals surface area contributed by atoms with Gasteiger partial charge >= 0.3 is 6.18 Å². The fourth-order valence-corrected chi connectivity index (χ4v) is 6.81. The molecular formula is C35H34F4N6O2S. The van der Waals surface area contributed by atoms with Crippen molar-refractivity contribution in [1.29, 1.82) is 0 Å². The molecule has 0 aliphatic heterocycles. The summed E-state index contributed by atoms with van der Waals surface area (Å²) in [6, 6.07) is 19.0. The van der Waals surface area contributed by atoms with Gasteiger partial charge in [0, 0.05) is 23.6 Å². The Balaban J connectivity index is 1.31. The summed E-state index contributed by atoms with van der Waals surface area (Å²) in [5, 5.41) is 19.2. The number of hydrogen-bond acceptors (Lipinski definition) is 7. The largest absolute Gasteiger partial charge is 0.416 e. The number of aliphatic hydroxyl groups is 1. The SMILES string of the molecule is CN(CCO)Cc1nnc(Cn2c(SCc3ccc(F)cc3)nc(=O)c3c2CCC3)n1Cc1ccc(-c2ccc(C(F)(F)F)cc2)cc1. The van der Waals surface area contributed by atoms with Crippen molar-refractivity contribution in [1.82, 2.24) is 29.2 Å². The van der Waals surface area contributed by atoms with E-state index in [1.165, 1.54) is 36.0 Å². The molecule has 0 bridgehead atoms. The second-order valence-corrected chi connectivity index (χ2v) is 12.8. The first-order chi connectivity index (χ1) is 23.1. The number of nitrogens with zero attached hydrogens (tertiary/aromatic N) is 6. The van der Waals surface area contributed by atoms with Crippen LogP contribution in [0.25, 0.3) is 11.1 Å². The van der Waals surface area contributed by atoms with Crippen molar-refractivity contribution in [3.63, 3.8) is 0 Å². The van der Waals surface area contributed by atoms with E-state index in [1.54, 1.807) is 12.1 Å². The minimum absolute atomic E-state index is 0.00720. The smallest absolute Gasteiger partial charge is 0.395 e. The molecule has 0 saturated carbocycles. The summed E-state index contributed by atoms with van der Waals surface area (Å²) >= 11 is 1.41. The Morgan fingerprint density at radius 3 is 2.17 bits per heavy atom. The highest BCUT2D eigenvalue weighted by atomic mass is 32.2. The maximum absolute atomic E-state index is 13.5. The molecule has 5 aromatic rings. The van der Waals surface area contributed by atoms with Crippen molar-refractivity contribution in [2.75, 3.05) is 20.2 Å². The Morgan fingerprint density at radius 2 is 1.50 bits per heavy atom. The second kappa shape index (κ2) is 14.4. The van der Waals surface area contributed by atoms with Crippen LogP contribution in [0.15, 0.2) is 82.7 Å². The number of halogens is 4. The Kier molecular flexibility index (Phi) is 10.1. The summed E-state index contributed by atoms with van der Waals surface area (Å²) in [7, 11) is 1.89. The fraction of sp³-hybridized carbons (Fsp3) is 0.314. The molecule has 3 aromatic carbocycles. The monoisotopic (exact) mass is 678 g/mol. The molecule has 0 saturated heterocycles. The minimum atomic E-state index is -4.39. The summed E-state index contributed by atoms with van der Waals surface area (Å²) < 4.78 is 56.7. The molecule has 0 atom stereocenters. The van der Waals surface area contributed by atoms with Gasteiger partial charge < -0.3 is 14.2 Å². The first-order valence-corrected chi connectivity index (χ1v) is 16.5. The molecule has 0 amide bonds. The summed E-state index contributed by atoms with van der Waals surface area (Å²) in [6.07, 6.45) is -2.13. The molecule has 0 radical (unpaired) electrons. The van der Waals surface area contributed by atoms with Gasteiger partial charge in [0.1, 0.15) is 11.6 Å². The van der Waals surface area contributed by atoms with Gasteiger partial charge in [-0.15, -0.1) is 10.2 Å². The van der Waals surface area contributed by atoms with Gasteiger partial charge in [0.25, 0.3) is 5.56 Å². The molecule has 0 unspecified atom stereocenters. The molecule has 13 heteroatoms. The van der Waals surface area contributed by atoms with Crippen molar-refractivity contribution in [3.8, 4) is 11.1 Å². The van der Waals surface area contributed by atoms with Crippen LogP contribution in [-0.4, -0.2) is 54.5 Å². The lowest BCUT2D eigenvalue weighted by Crippen LogP contribution is -2.25. The average molecular weight is 679 g/mol. The van der Waals surface area contributed by atoms with Gasteiger partial charge in [0.2, 0.25) is 0 Å². The molecule has 0 fully saturated rings. The van der Waals surface area contributed by atoms with Gasteiger partial charge in [-0.1, -0.05) is 60.3 Å². The highest BCUT2D eigenvalue weighted by molar-refractivity contribution is 7.98. The van der Waals surface area contributed by atoms with Crippen LogP contribution in [0.4, 0.5) is 17.6 Å². The maximum atomic E-state index is 13.5. The quantitative estimate of drug-likeness (QED) is 0.0990. The van der Waals surface area contributed by atoms with Gasteiger partial charge in [-0.2, -0.15) is 18.2 Å².